The van der Waals surface area contributed by atoms with Crippen molar-refractivity contribution in [3.8, 4) is 0 Å². The molecule has 1 aromatic carbocycles. The van der Waals surface area contributed by atoms with Gasteiger partial charge in [0.15, 0.2) is 4.87 Å². The zero-order valence-electron chi connectivity index (χ0n) is 11.4. The molecule has 2 heterocycles. The zero-order valence-corrected chi connectivity index (χ0v) is 14.5. The second-order valence-electron chi connectivity index (χ2n) is 5.56. The Hall–Kier alpha value is -0.0300. The minimum Gasteiger partial charge on any atom is -0.311 e. The smallest absolute Gasteiger partial charge is 0.264 e. The Kier molecular flexibility index (Phi) is 3.34. The van der Waals surface area contributed by atoms with Crippen LogP contribution in [0.25, 0.3) is 0 Å². The van der Waals surface area contributed by atoms with E-state index >= 15 is 0 Å². The summed E-state index contributed by atoms with van der Waals surface area (Å²) >= 11 is 16.3. The van der Waals surface area contributed by atoms with Crippen LogP contribution in [0.15, 0.2) is 30.3 Å². The molecule has 2 aliphatic rings. The molecule has 0 radical (unpaired) electrons. The van der Waals surface area contributed by atoms with Crippen molar-refractivity contribution in [2.45, 2.75) is 33.2 Å². The summed E-state index contributed by atoms with van der Waals surface area (Å²) in [6.45, 7) is 4.15. The molecule has 2 nitrogen and oxygen atoms in total. The van der Waals surface area contributed by atoms with E-state index in [0.717, 1.165) is 5.56 Å². The van der Waals surface area contributed by atoms with Crippen molar-refractivity contribution >= 4 is 52.6 Å². The molecular weight excluding hydrogens is 333 g/mol. The van der Waals surface area contributed by atoms with E-state index in [1.54, 1.807) is 23.5 Å². The van der Waals surface area contributed by atoms with Gasteiger partial charge in [-0.15, -0.1) is 23.5 Å². The Morgan fingerprint density at radius 1 is 1.25 bits per heavy atom. The molecule has 6 heteroatoms. The van der Waals surface area contributed by atoms with E-state index in [1.165, 1.54) is 0 Å². The highest BCUT2D eigenvalue weighted by Crippen LogP contribution is 2.71. The lowest BCUT2D eigenvalue weighted by atomic mass is 9.86. The summed E-state index contributed by atoms with van der Waals surface area (Å²) in [5, 5.41) is 0. The molecule has 2 unspecified atom stereocenters. The summed E-state index contributed by atoms with van der Waals surface area (Å²) in [6, 6.07) is 9.84. The number of fused-ring (bicyclic) bond motifs is 1. The van der Waals surface area contributed by atoms with E-state index in [0.29, 0.717) is 0 Å². The Bertz CT molecular complexity index is 564. The SMILES string of the molecule is CSC1SC2(c3ccccc3)N(C(=O)C2(Cl)Cl)C1(C)C. The molecule has 0 aliphatic carbocycles. The molecule has 2 fully saturated rings. The van der Waals surface area contributed by atoms with Gasteiger partial charge in [-0.2, -0.15) is 0 Å². The quantitative estimate of drug-likeness (QED) is 0.594. The lowest BCUT2D eigenvalue weighted by Gasteiger charge is -2.58. The fourth-order valence-corrected chi connectivity index (χ4v) is 7.04. The molecule has 1 amide bonds. The number of hydrogen-bond donors (Lipinski definition) is 0. The van der Waals surface area contributed by atoms with Crippen molar-refractivity contribution in [1.82, 2.24) is 4.90 Å². The van der Waals surface area contributed by atoms with Crippen molar-refractivity contribution in [2.75, 3.05) is 6.26 Å². The van der Waals surface area contributed by atoms with Crippen molar-refractivity contribution in [1.29, 1.82) is 0 Å². The van der Waals surface area contributed by atoms with Crippen LogP contribution >= 0.6 is 46.7 Å². The van der Waals surface area contributed by atoms with Crippen LogP contribution in [0.3, 0.4) is 0 Å². The van der Waals surface area contributed by atoms with Gasteiger partial charge in [-0.05, 0) is 25.7 Å². The first kappa shape index (κ1) is 14.9. The third-order valence-corrected chi connectivity index (χ3v) is 8.84. The standard InChI is InChI=1S/C14H15Cl2NOS2/c1-12(2)11(19-3)20-14(9-7-5-4-6-8-9)13(15,16)10(18)17(12)14/h4-8,11H,1-3H3. The Morgan fingerprint density at radius 2 is 1.85 bits per heavy atom. The van der Waals surface area contributed by atoms with Gasteiger partial charge in [0.2, 0.25) is 4.33 Å². The van der Waals surface area contributed by atoms with Gasteiger partial charge >= 0.3 is 0 Å². The van der Waals surface area contributed by atoms with Crippen LogP contribution in [0.4, 0.5) is 0 Å². The van der Waals surface area contributed by atoms with Crippen LogP contribution in [-0.2, 0) is 9.67 Å². The molecule has 0 N–H and O–H groups in total. The van der Waals surface area contributed by atoms with E-state index in [9.17, 15) is 4.79 Å². The topological polar surface area (TPSA) is 20.3 Å². The molecule has 2 atom stereocenters. The molecule has 2 saturated heterocycles. The van der Waals surface area contributed by atoms with E-state index < -0.39 is 9.20 Å². The van der Waals surface area contributed by atoms with Gasteiger partial charge in [-0.1, -0.05) is 53.5 Å². The van der Waals surface area contributed by atoms with Crippen LogP contribution < -0.4 is 0 Å². The summed E-state index contributed by atoms with van der Waals surface area (Å²) in [4.78, 5) is 13.6. The molecule has 1 aromatic rings. The van der Waals surface area contributed by atoms with Crippen LogP contribution in [0.5, 0.6) is 0 Å². The number of benzene rings is 1. The number of amides is 1. The number of alkyl halides is 2. The predicted molar refractivity (Wildman–Crippen MR) is 88.4 cm³/mol. The fraction of sp³-hybridized carbons (Fsp3) is 0.500. The minimum atomic E-state index is -1.40. The molecule has 0 saturated carbocycles. The molecule has 108 valence electrons. The maximum absolute atomic E-state index is 12.5. The van der Waals surface area contributed by atoms with E-state index in [2.05, 4.69) is 20.1 Å². The first-order valence-corrected chi connectivity index (χ1v) is 9.21. The summed E-state index contributed by atoms with van der Waals surface area (Å²) in [5.41, 5.74) is 0.698. The van der Waals surface area contributed by atoms with E-state index in [1.807, 2.05) is 35.2 Å². The molecule has 2 aliphatic heterocycles. The van der Waals surface area contributed by atoms with Crippen LogP contribution in [0.1, 0.15) is 19.4 Å². The van der Waals surface area contributed by atoms with Gasteiger partial charge in [-0.25, -0.2) is 0 Å². The average Bonchev–Trinajstić information content (AvgIpc) is 2.66. The summed E-state index contributed by atoms with van der Waals surface area (Å²) in [6.07, 6.45) is 2.05. The normalized spacial score (nSPS) is 33.8. The maximum atomic E-state index is 12.5. The van der Waals surface area contributed by atoms with Crippen LogP contribution in [-0.4, -0.2) is 31.5 Å². The van der Waals surface area contributed by atoms with Gasteiger partial charge in [0.25, 0.3) is 5.91 Å². The van der Waals surface area contributed by atoms with Crippen molar-refractivity contribution in [3.05, 3.63) is 35.9 Å². The monoisotopic (exact) mass is 347 g/mol. The number of carbonyl (C=O) groups excluding carboxylic acids is 1. The van der Waals surface area contributed by atoms with Gasteiger partial charge in [0, 0.05) is 0 Å². The van der Waals surface area contributed by atoms with Crippen LogP contribution in [0, 0.1) is 0 Å². The predicted octanol–water partition coefficient (Wildman–Crippen LogP) is 4.07. The Labute approximate surface area is 137 Å². The van der Waals surface area contributed by atoms with E-state index in [4.69, 9.17) is 23.2 Å². The second-order valence-corrected chi connectivity index (χ2v) is 9.43. The first-order valence-electron chi connectivity index (χ1n) is 6.29. The number of β-lactam (4-membered cyclic amide) rings is 1. The number of hydrogen-bond acceptors (Lipinski definition) is 3. The summed E-state index contributed by atoms with van der Waals surface area (Å²) in [5.74, 6) is -0.196. The zero-order chi connectivity index (χ0) is 14.8. The first-order chi connectivity index (χ1) is 9.30. The van der Waals surface area contributed by atoms with Gasteiger partial charge in [0.05, 0.1) is 10.1 Å². The fourth-order valence-electron chi connectivity index (χ4n) is 3.09. The Morgan fingerprint density at radius 3 is 2.40 bits per heavy atom. The van der Waals surface area contributed by atoms with Crippen molar-refractivity contribution in [2.24, 2.45) is 0 Å². The van der Waals surface area contributed by atoms with Gasteiger partial charge in [-0.3, -0.25) is 4.79 Å². The molecule has 0 aromatic heterocycles. The summed E-state index contributed by atoms with van der Waals surface area (Å²) < 4.78 is -1.17. The number of halogens is 2. The largest absolute Gasteiger partial charge is 0.311 e. The van der Waals surface area contributed by atoms with Gasteiger partial charge < -0.3 is 4.90 Å². The number of thioether (sulfide) groups is 2. The molecule has 0 spiro atoms. The number of carbonyl (C=O) groups is 1. The lowest BCUT2D eigenvalue weighted by molar-refractivity contribution is -0.158. The number of nitrogens with zero attached hydrogens (tertiary/aromatic N) is 1. The third-order valence-electron chi connectivity index (χ3n) is 4.02. The van der Waals surface area contributed by atoms with Gasteiger partial charge in [0.1, 0.15) is 0 Å². The third kappa shape index (κ3) is 1.54. The molecule has 20 heavy (non-hydrogen) atoms. The number of rotatable bonds is 2. The van der Waals surface area contributed by atoms with E-state index in [-0.39, 0.29) is 16.0 Å². The average molecular weight is 348 g/mol. The lowest BCUT2D eigenvalue weighted by Crippen LogP contribution is -2.75. The molecule has 0 bridgehead atoms. The molecular formula is C14H15Cl2NOS2. The highest BCUT2D eigenvalue weighted by molar-refractivity contribution is 8.17. The van der Waals surface area contributed by atoms with Crippen molar-refractivity contribution in [3.63, 3.8) is 0 Å². The summed E-state index contributed by atoms with van der Waals surface area (Å²) in [7, 11) is 0. The molecule has 3 rings (SSSR count). The van der Waals surface area contributed by atoms with Crippen molar-refractivity contribution < 1.29 is 4.79 Å². The minimum absolute atomic E-state index is 0.196. The Balaban J connectivity index is 2.19. The second kappa shape index (κ2) is 4.48. The highest BCUT2D eigenvalue weighted by Gasteiger charge is 2.79. The van der Waals surface area contributed by atoms with Crippen LogP contribution in [0.2, 0.25) is 0 Å². The highest BCUT2D eigenvalue weighted by atomic mass is 35.5. The maximum Gasteiger partial charge on any atom is 0.264 e.